The zero-order valence-corrected chi connectivity index (χ0v) is 18.8. The van der Waals surface area contributed by atoms with E-state index in [1.807, 2.05) is 0 Å². The Hall–Kier alpha value is -0.0831. The number of hydrogen-bond acceptors (Lipinski definition) is 1. The van der Waals surface area contributed by atoms with Gasteiger partial charge in [-0.15, -0.1) is 0 Å². The van der Waals surface area contributed by atoms with Crippen molar-refractivity contribution in [3.8, 4) is 0 Å². The summed E-state index contributed by atoms with van der Waals surface area (Å²) in [5, 5.41) is 11.5. The summed E-state index contributed by atoms with van der Waals surface area (Å²) in [4.78, 5) is 0. The summed E-state index contributed by atoms with van der Waals surface area (Å²) in [5.41, 5.74) is 0.804. The van der Waals surface area contributed by atoms with Crippen LogP contribution in [0.1, 0.15) is 98.3 Å². The fraction of sp³-hybridized carbons (Fsp3) is 0.913. The van der Waals surface area contributed by atoms with Crippen LogP contribution in [0, 0.1) is 5.92 Å². The molecule has 2 heteroatoms. The first-order valence-corrected chi connectivity index (χ1v) is 14.1. The number of rotatable bonds is 13. The standard InChI is InChI=1S/C23H46OSi/c1-6-9-17-25(18-10-7-2,19-11-8-3)20-22(21(4)5)23(24)15-13-12-14-16-23/h22,24H,4,6-20H2,1-3,5H3. The van der Waals surface area contributed by atoms with Gasteiger partial charge in [0.1, 0.15) is 0 Å². The van der Waals surface area contributed by atoms with E-state index in [0.717, 1.165) is 12.8 Å². The van der Waals surface area contributed by atoms with E-state index in [2.05, 4.69) is 34.3 Å². The first kappa shape index (κ1) is 23.0. The average molecular weight is 367 g/mol. The molecule has 1 fully saturated rings. The zero-order valence-electron chi connectivity index (χ0n) is 17.8. The Bertz CT molecular complexity index is 349. The number of aliphatic hydroxyl groups is 1. The molecule has 1 atom stereocenters. The molecule has 25 heavy (non-hydrogen) atoms. The van der Waals surface area contributed by atoms with Gasteiger partial charge in [-0.1, -0.05) is 109 Å². The van der Waals surface area contributed by atoms with Crippen LogP contribution in [0.2, 0.25) is 24.2 Å². The Morgan fingerprint density at radius 2 is 1.36 bits per heavy atom. The van der Waals surface area contributed by atoms with E-state index >= 15 is 0 Å². The molecule has 0 aliphatic heterocycles. The first-order valence-electron chi connectivity index (χ1n) is 11.3. The topological polar surface area (TPSA) is 20.2 Å². The summed E-state index contributed by atoms with van der Waals surface area (Å²) in [6, 6.07) is 5.73. The highest BCUT2D eigenvalue weighted by Gasteiger charge is 2.43. The van der Waals surface area contributed by atoms with Gasteiger partial charge in [0.15, 0.2) is 0 Å². The van der Waals surface area contributed by atoms with Crippen LogP contribution in [-0.2, 0) is 0 Å². The fourth-order valence-corrected chi connectivity index (χ4v) is 11.4. The van der Waals surface area contributed by atoms with E-state index in [4.69, 9.17) is 0 Å². The van der Waals surface area contributed by atoms with E-state index in [0.29, 0.717) is 5.92 Å². The predicted molar refractivity (Wildman–Crippen MR) is 116 cm³/mol. The van der Waals surface area contributed by atoms with Crippen molar-refractivity contribution in [1.82, 2.24) is 0 Å². The van der Waals surface area contributed by atoms with E-state index in [1.165, 1.54) is 87.5 Å². The Balaban J connectivity index is 3.03. The van der Waals surface area contributed by atoms with Crippen LogP contribution in [0.3, 0.4) is 0 Å². The molecule has 148 valence electrons. The van der Waals surface area contributed by atoms with Crippen molar-refractivity contribution in [3.63, 3.8) is 0 Å². The van der Waals surface area contributed by atoms with Gasteiger partial charge in [0.2, 0.25) is 0 Å². The summed E-state index contributed by atoms with van der Waals surface area (Å²) in [5.74, 6) is 0.352. The van der Waals surface area contributed by atoms with Crippen molar-refractivity contribution in [2.75, 3.05) is 0 Å². The lowest BCUT2D eigenvalue weighted by atomic mass is 9.74. The molecule has 1 rings (SSSR count). The van der Waals surface area contributed by atoms with Crippen molar-refractivity contribution in [2.45, 2.75) is 128 Å². The van der Waals surface area contributed by atoms with Gasteiger partial charge < -0.3 is 5.11 Å². The van der Waals surface area contributed by atoms with Crippen LogP contribution < -0.4 is 0 Å². The van der Waals surface area contributed by atoms with E-state index < -0.39 is 13.7 Å². The molecule has 0 aromatic carbocycles. The van der Waals surface area contributed by atoms with Crippen LogP contribution >= 0.6 is 0 Å². The highest BCUT2D eigenvalue weighted by molar-refractivity contribution is 6.80. The quantitative estimate of drug-likeness (QED) is 0.261. The third kappa shape index (κ3) is 7.21. The summed E-state index contributed by atoms with van der Waals surface area (Å²) < 4.78 is 0. The van der Waals surface area contributed by atoms with Crippen LogP contribution in [0.4, 0.5) is 0 Å². The second-order valence-electron chi connectivity index (χ2n) is 9.08. The molecule has 0 aromatic heterocycles. The Morgan fingerprint density at radius 1 is 0.920 bits per heavy atom. The van der Waals surface area contributed by atoms with Gasteiger partial charge in [-0.3, -0.25) is 0 Å². The second-order valence-corrected chi connectivity index (χ2v) is 14.0. The van der Waals surface area contributed by atoms with Gasteiger partial charge in [-0.05, 0) is 25.8 Å². The van der Waals surface area contributed by atoms with Crippen molar-refractivity contribution in [3.05, 3.63) is 12.2 Å². The third-order valence-corrected chi connectivity index (χ3v) is 12.3. The average Bonchev–Trinajstić information content (AvgIpc) is 2.60. The number of unbranched alkanes of at least 4 members (excludes halogenated alkanes) is 3. The fourth-order valence-electron chi connectivity index (χ4n) is 5.10. The normalized spacial score (nSPS) is 18.9. The van der Waals surface area contributed by atoms with Gasteiger partial charge >= 0.3 is 0 Å². The zero-order chi connectivity index (χ0) is 18.8. The molecule has 0 aromatic rings. The summed E-state index contributed by atoms with van der Waals surface area (Å²) in [7, 11) is -1.34. The highest BCUT2D eigenvalue weighted by Crippen LogP contribution is 2.45. The molecule has 0 saturated heterocycles. The maximum atomic E-state index is 11.5. The van der Waals surface area contributed by atoms with E-state index in [-0.39, 0.29) is 0 Å². The molecule has 1 aliphatic rings. The minimum absolute atomic E-state index is 0.352. The number of hydrogen-bond donors (Lipinski definition) is 1. The maximum absolute atomic E-state index is 11.5. The molecule has 1 nitrogen and oxygen atoms in total. The monoisotopic (exact) mass is 366 g/mol. The van der Waals surface area contributed by atoms with E-state index in [1.54, 1.807) is 0 Å². The van der Waals surface area contributed by atoms with Gasteiger partial charge in [-0.25, -0.2) is 0 Å². The van der Waals surface area contributed by atoms with Gasteiger partial charge in [0.25, 0.3) is 0 Å². The summed E-state index contributed by atoms with van der Waals surface area (Å²) >= 11 is 0. The molecule has 0 bridgehead atoms. The van der Waals surface area contributed by atoms with Crippen molar-refractivity contribution < 1.29 is 5.11 Å². The van der Waals surface area contributed by atoms with Crippen LogP contribution in [0.15, 0.2) is 12.2 Å². The Labute approximate surface area is 159 Å². The highest BCUT2D eigenvalue weighted by atomic mass is 28.3. The maximum Gasteiger partial charge on any atom is 0.0709 e. The lowest BCUT2D eigenvalue weighted by Gasteiger charge is -2.45. The third-order valence-electron chi connectivity index (χ3n) is 6.78. The molecule has 0 heterocycles. The SMILES string of the molecule is C=C(C)C(C[Si](CCCC)(CCCC)CCCC)C1(O)CCCCC1. The largest absolute Gasteiger partial charge is 0.389 e. The van der Waals surface area contributed by atoms with Gasteiger partial charge in [0.05, 0.1) is 13.7 Å². The first-order chi connectivity index (χ1) is 11.9. The molecule has 0 radical (unpaired) electrons. The van der Waals surface area contributed by atoms with Crippen molar-refractivity contribution >= 4 is 8.07 Å². The van der Waals surface area contributed by atoms with Crippen LogP contribution in [-0.4, -0.2) is 18.8 Å². The lowest BCUT2D eigenvalue weighted by molar-refractivity contribution is -0.0312. The molecule has 1 aliphatic carbocycles. The summed E-state index contributed by atoms with van der Waals surface area (Å²) in [6.45, 7) is 13.6. The van der Waals surface area contributed by atoms with Gasteiger partial charge in [-0.2, -0.15) is 0 Å². The molecular weight excluding hydrogens is 320 g/mol. The smallest absolute Gasteiger partial charge is 0.0709 e. The summed E-state index contributed by atoms with van der Waals surface area (Å²) in [6.07, 6.45) is 13.8. The predicted octanol–water partition coefficient (Wildman–Crippen LogP) is 7.72. The molecule has 1 unspecified atom stereocenters. The molecule has 1 N–H and O–H groups in total. The minimum atomic E-state index is -1.34. The van der Waals surface area contributed by atoms with Crippen molar-refractivity contribution in [2.24, 2.45) is 5.92 Å². The van der Waals surface area contributed by atoms with Crippen LogP contribution in [0.5, 0.6) is 0 Å². The second kappa shape index (κ2) is 11.6. The Morgan fingerprint density at radius 3 is 1.72 bits per heavy atom. The molecular formula is C23H46OSi. The minimum Gasteiger partial charge on any atom is -0.389 e. The molecule has 0 spiro atoms. The molecule has 1 saturated carbocycles. The van der Waals surface area contributed by atoms with E-state index in [9.17, 15) is 5.11 Å². The lowest BCUT2D eigenvalue weighted by Crippen LogP contribution is -2.46. The molecule has 0 amide bonds. The van der Waals surface area contributed by atoms with Gasteiger partial charge in [0, 0.05) is 5.92 Å². The Kier molecular flexibility index (Phi) is 10.6. The van der Waals surface area contributed by atoms with Crippen molar-refractivity contribution in [1.29, 1.82) is 0 Å². The van der Waals surface area contributed by atoms with Crippen LogP contribution in [0.25, 0.3) is 0 Å².